The van der Waals surface area contributed by atoms with Crippen LogP contribution in [0.25, 0.3) is 0 Å². The van der Waals surface area contributed by atoms with Crippen molar-refractivity contribution in [3.63, 3.8) is 0 Å². The molecule has 14 heavy (non-hydrogen) atoms. The molecule has 0 aliphatic rings. The predicted molar refractivity (Wildman–Crippen MR) is 55.3 cm³/mol. The molecular formula is C10H17N3O. The molecule has 1 amide bonds. The summed E-state index contributed by atoms with van der Waals surface area (Å²) in [5, 5.41) is 2.73. The first-order valence-corrected chi connectivity index (χ1v) is 4.87. The van der Waals surface area contributed by atoms with Crippen molar-refractivity contribution in [2.24, 2.45) is 7.05 Å². The molecule has 0 bridgehead atoms. The van der Waals surface area contributed by atoms with E-state index < -0.39 is 0 Å². The number of carbonyl (C=O) groups is 1. The zero-order valence-corrected chi connectivity index (χ0v) is 9.16. The topological polar surface area (TPSA) is 46.9 Å². The molecule has 1 rings (SSSR count). The summed E-state index contributed by atoms with van der Waals surface area (Å²) in [6, 6.07) is 0. The highest BCUT2D eigenvalue weighted by Crippen LogP contribution is 2.12. The van der Waals surface area contributed by atoms with Gasteiger partial charge in [0.2, 0.25) is 0 Å². The Morgan fingerprint density at radius 1 is 1.64 bits per heavy atom. The smallest absolute Gasteiger partial charge is 0.287 e. The van der Waals surface area contributed by atoms with Gasteiger partial charge in [0.1, 0.15) is 0 Å². The highest BCUT2D eigenvalue weighted by molar-refractivity contribution is 5.90. The van der Waals surface area contributed by atoms with Crippen molar-refractivity contribution in [3.05, 3.63) is 17.7 Å². The molecule has 1 heterocycles. The van der Waals surface area contributed by atoms with Gasteiger partial charge < -0.3 is 9.88 Å². The molecule has 0 aromatic carbocycles. The van der Waals surface area contributed by atoms with Crippen LogP contribution in [-0.2, 0) is 7.05 Å². The third kappa shape index (κ3) is 2.13. The number of amides is 1. The van der Waals surface area contributed by atoms with E-state index in [-0.39, 0.29) is 5.91 Å². The number of hydrogen-bond acceptors (Lipinski definition) is 2. The van der Waals surface area contributed by atoms with Crippen LogP contribution in [0, 0.1) is 0 Å². The van der Waals surface area contributed by atoms with Gasteiger partial charge in [0.05, 0.1) is 5.69 Å². The first-order valence-electron chi connectivity index (χ1n) is 4.87. The molecule has 0 saturated heterocycles. The molecule has 0 spiro atoms. The summed E-state index contributed by atoms with van der Waals surface area (Å²) < 4.78 is 1.76. The van der Waals surface area contributed by atoms with Gasteiger partial charge in [-0.05, 0) is 12.8 Å². The highest BCUT2D eigenvalue weighted by atomic mass is 16.2. The first-order chi connectivity index (χ1) is 6.56. The summed E-state index contributed by atoms with van der Waals surface area (Å²) in [4.78, 5) is 15.8. The normalized spacial score (nSPS) is 10.6. The fourth-order valence-corrected chi connectivity index (χ4v) is 1.22. The summed E-state index contributed by atoms with van der Waals surface area (Å²) in [6.07, 6.45) is 1.90. The van der Waals surface area contributed by atoms with Crippen LogP contribution < -0.4 is 5.32 Å². The number of hydrogen-bond donors (Lipinski definition) is 1. The van der Waals surface area contributed by atoms with E-state index in [0.717, 1.165) is 5.69 Å². The number of rotatable bonds is 3. The van der Waals surface area contributed by atoms with Crippen LogP contribution in [0.5, 0.6) is 0 Å². The van der Waals surface area contributed by atoms with E-state index >= 15 is 0 Å². The van der Waals surface area contributed by atoms with Gasteiger partial charge >= 0.3 is 0 Å². The Hall–Kier alpha value is -1.32. The minimum atomic E-state index is -0.109. The molecule has 0 saturated carbocycles. The van der Waals surface area contributed by atoms with Gasteiger partial charge in [0, 0.05) is 19.8 Å². The van der Waals surface area contributed by atoms with Gasteiger partial charge in [-0.2, -0.15) is 0 Å². The molecule has 1 aromatic rings. The minimum Gasteiger partial charge on any atom is -0.350 e. The van der Waals surface area contributed by atoms with E-state index in [4.69, 9.17) is 0 Å². The Balaban J connectivity index is 2.92. The first kappa shape index (κ1) is 10.8. The fraction of sp³-hybridized carbons (Fsp3) is 0.600. The van der Waals surface area contributed by atoms with Crippen molar-refractivity contribution in [2.75, 3.05) is 6.54 Å². The van der Waals surface area contributed by atoms with E-state index in [9.17, 15) is 4.79 Å². The maximum atomic E-state index is 11.5. The average molecular weight is 195 g/mol. The van der Waals surface area contributed by atoms with Crippen molar-refractivity contribution < 1.29 is 4.79 Å². The summed E-state index contributed by atoms with van der Waals surface area (Å²) in [6.45, 7) is 6.64. The quantitative estimate of drug-likeness (QED) is 0.790. The molecule has 4 nitrogen and oxygen atoms in total. The van der Waals surface area contributed by atoms with Gasteiger partial charge in [0.25, 0.3) is 5.91 Å². The Bertz CT molecular complexity index is 328. The molecule has 4 heteroatoms. The number of nitrogens with zero attached hydrogens (tertiary/aromatic N) is 2. The largest absolute Gasteiger partial charge is 0.350 e. The van der Waals surface area contributed by atoms with Crippen LogP contribution in [0.4, 0.5) is 0 Å². The van der Waals surface area contributed by atoms with Crippen molar-refractivity contribution >= 4 is 5.91 Å². The van der Waals surface area contributed by atoms with Gasteiger partial charge in [-0.1, -0.05) is 13.8 Å². The second kappa shape index (κ2) is 4.26. The molecule has 0 unspecified atom stereocenters. The van der Waals surface area contributed by atoms with Gasteiger partial charge in [-0.3, -0.25) is 4.79 Å². The van der Waals surface area contributed by atoms with Crippen LogP contribution in [0.15, 0.2) is 6.20 Å². The molecule has 78 valence electrons. The van der Waals surface area contributed by atoms with Crippen LogP contribution in [-0.4, -0.2) is 22.0 Å². The lowest BCUT2D eigenvalue weighted by Crippen LogP contribution is -2.25. The van der Waals surface area contributed by atoms with E-state index in [1.807, 2.05) is 20.2 Å². The lowest BCUT2D eigenvalue weighted by Gasteiger charge is -2.00. The van der Waals surface area contributed by atoms with E-state index in [2.05, 4.69) is 24.1 Å². The molecule has 0 fully saturated rings. The van der Waals surface area contributed by atoms with Gasteiger partial charge in [0.15, 0.2) is 5.82 Å². The summed E-state index contributed by atoms with van der Waals surface area (Å²) in [7, 11) is 1.84. The van der Waals surface area contributed by atoms with Crippen molar-refractivity contribution in [3.8, 4) is 0 Å². The van der Waals surface area contributed by atoms with Crippen molar-refractivity contribution in [2.45, 2.75) is 26.7 Å². The van der Waals surface area contributed by atoms with E-state index in [1.54, 1.807) is 4.57 Å². The zero-order chi connectivity index (χ0) is 10.7. The van der Waals surface area contributed by atoms with Crippen LogP contribution in [0.2, 0.25) is 0 Å². The zero-order valence-electron chi connectivity index (χ0n) is 9.16. The number of aryl methyl sites for hydroxylation is 1. The van der Waals surface area contributed by atoms with Crippen molar-refractivity contribution in [1.82, 2.24) is 14.9 Å². The summed E-state index contributed by atoms with van der Waals surface area (Å²) in [5.74, 6) is 0.724. The van der Waals surface area contributed by atoms with Crippen LogP contribution >= 0.6 is 0 Å². The molecule has 0 aliphatic heterocycles. The summed E-state index contributed by atoms with van der Waals surface area (Å²) in [5.41, 5.74) is 0.953. The molecule has 0 atom stereocenters. The summed E-state index contributed by atoms with van der Waals surface area (Å²) >= 11 is 0. The second-order valence-corrected chi connectivity index (χ2v) is 3.61. The molecule has 1 aromatic heterocycles. The number of imidazole rings is 1. The van der Waals surface area contributed by atoms with E-state index in [1.165, 1.54) is 0 Å². The average Bonchev–Trinajstić information content (AvgIpc) is 2.48. The molecule has 1 N–H and O–H groups in total. The lowest BCUT2D eigenvalue weighted by molar-refractivity contribution is 0.0942. The maximum Gasteiger partial charge on any atom is 0.287 e. The third-order valence-electron chi connectivity index (χ3n) is 2.03. The maximum absolute atomic E-state index is 11.5. The standard InChI is InChI=1S/C10H17N3O/c1-5-11-10(14)9-12-8(7(2)3)6-13(9)4/h6-7H,5H2,1-4H3,(H,11,14). The van der Waals surface area contributed by atoms with Crippen molar-refractivity contribution in [1.29, 1.82) is 0 Å². The van der Waals surface area contributed by atoms with Gasteiger partial charge in [-0.25, -0.2) is 4.98 Å². The number of aromatic nitrogens is 2. The van der Waals surface area contributed by atoms with Gasteiger partial charge in [-0.15, -0.1) is 0 Å². The second-order valence-electron chi connectivity index (χ2n) is 3.61. The third-order valence-corrected chi connectivity index (χ3v) is 2.03. The molecule has 0 aliphatic carbocycles. The van der Waals surface area contributed by atoms with Crippen LogP contribution in [0.3, 0.4) is 0 Å². The number of carbonyl (C=O) groups excluding carboxylic acids is 1. The Morgan fingerprint density at radius 2 is 2.29 bits per heavy atom. The van der Waals surface area contributed by atoms with E-state index in [0.29, 0.717) is 18.3 Å². The fourth-order valence-electron chi connectivity index (χ4n) is 1.22. The SMILES string of the molecule is CCNC(=O)c1nc(C(C)C)cn1C. The number of nitrogens with one attached hydrogen (secondary N) is 1. The predicted octanol–water partition coefficient (Wildman–Crippen LogP) is 1.29. The minimum absolute atomic E-state index is 0.109. The Morgan fingerprint density at radius 3 is 2.71 bits per heavy atom. The monoisotopic (exact) mass is 195 g/mol. The lowest BCUT2D eigenvalue weighted by atomic mass is 10.2. The van der Waals surface area contributed by atoms with Crippen LogP contribution in [0.1, 0.15) is 43.0 Å². The Labute approximate surface area is 84.3 Å². The molecule has 0 radical (unpaired) electrons. The Kier molecular flexibility index (Phi) is 3.28. The highest BCUT2D eigenvalue weighted by Gasteiger charge is 2.13. The molecular weight excluding hydrogens is 178 g/mol.